The van der Waals surface area contributed by atoms with Crippen LogP contribution in [0.5, 0.6) is 5.75 Å². The standard InChI is InChI=1S/C22H25F2N3O6/c1-22(2,3)33-20(29)25-11-6-7-26(9-11)18-14(23)8-13-17(16(18)24)27(12-4-5-12)10-15(19(13)28)32-21(30)31/h8,10-12H,4-7,9H2,1-3H3,(H,25,29)(H,30,31)/t11-/m0/s1. The molecule has 1 aromatic carbocycles. The number of rotatable bonds is 4. The van der Waals surface area contributed by atoms with Gasteiger partial charge >= 0.3 is 12.2 Å². The average molecular weight is 465 g/mol. The SMILES string of the molecule is CC(C)(C)OC(=O)N[C@H]1CCN(c2c(F)cc3c(=O)c(OC(=O)O)cn(C4CC4)c3c2F)C1. The van der Waals surface area contributed by atoms with E-state index in [2.05, 4.69) is 10.1 Å². The molecule has 0 bridgehead atoms. The molecule has 2 aliphatic rings. The molecule has 2 heterocycles. The van der Waals surface area contributed by atoms with Crippen molar-refractivity contribution < 1.29 is 33.0 Å². The highest BCUT2D eigenvalue weighted by molar-refractivity contribution is 5.86. The van der Waals surface area contributed by atoms with Gasteiger partial charge in [-0.15, -0.1) is 0 Å². The Bertz CT molecular complexity index is 1190. The number of nitrogens with one attached hydrogen (secondary N) is 1. The van der Waals surface area contributed by atoms with Crippen molar-refractivity contribution in [1.29, 1.82) is 0 Å². The first kappa shape index (κ1) is 22.8. The lowest BCUT2D eigenvalue weighted by atomic mass is 10.1. The Labute approximate surface area is 187 Å². The first-order valence-electron chi connectivity index (χ1n) is 10.7. The van der Waals surface area contributed by atoms with Gasteiger partial charge in [-0.05, 0) is 46.1 Å². The Morgan fingerprint density at radius 3 is 2.52 bits per heavy atom. The Kier molecular flexibility index (Phi) is 5.67. The third-order valence-corrected chi connectivity index (χ3v) is 5.51. The molecule has 178 valence electrons. The molecule has 1 aliphatic heterocycles. The summed E-state index contributed by atoms with van der Waals surface area (Å²) in [4.78, 5) is 37.1. The van der Waals surface area contributed by atoms with Crippen LogP contribution in [0.15, 0.2) is 17.1 Å². The Balaban J connectivity index is 1.68. The Hall–Kier alpha value is -3.37. The molecule has 11 heteroatoms. The van der Waals surface area contributed by atoms with Crippen LogP contribution >= 0.6 is 0 Å². The van der Waals surface area contributed by atoms with Gasteiger partial charge in [0.05, 0.1) is 23.1 Å². The molecule has 1 amide bonds. The van der Waals surface area contributed by atoms with Crippen LogP contribution in [-0.4, -0.2) is 46.7 Å². The van der Waals surface area contributed by atoms with Crippen molar-refractivity contribution in [2.24, 2.45) is 0 Å². The molecule has 2 fully saturated rings. The highest BCUT2D eigenvalue weighted by Crippen LogP contribution is 2.40. The van der Waals surface area contributed by atoms with Gasteiger partial charge in [-0.2, -0.15) is 0 Å². The molecule has 1 aliphatic carbocycles. The van der Waals surface area contributed by atoms with E-state index in [9.17, 15) is 14.4 Å². The number of pyridine rings is 1. The number of anilines is 1. The van der Waals surface area contributed by atoms with Crippen LogP contribution in [-0.2, 0) is 4.74 Å². The van der Waals surface area contributed by atoms with Crippen molar-refractivity contribution in [2.75, 3.05) is 18.0 Å². The largest absolute Gasteiger partial charge is 0.511 e. The average Bonchev–Trinajstić information content (AvgIpc) is 3.43. The molecule has 4 rings (SSSR count). The minimum atomic E-state index is -1.69. The second-order valence-corrected chi connectivity index (χ2v) is 9.32. The van der Waals surface area contributed by atoms with Gasteiger partial charge in [0.2, 0.25) is 5.43 Å². The molecule has 1 atom stereocenters. The summed E-state index contributed by atoms with van der Waals surface area (Å²) in [5, 5.41) is 11.3. The van der Waals surface area contributed by atoms with Gasteiger partial charge in [-0.3, -0.25) is 4.79 Å². The number of halogens is 2. The van der Waals surface area contributed by atoms with E-state index in [1.54, 1.807) is 20.8 Å². The van der Waals surface area contributed by atoms with Crippen LogP contribution in [0.2, 0.25) is 0 Å². The second-order valence-electron chi connectivity index (χ2n) is 9.32. The van der Waals surface area contributed by atoms with Gasteiger partial charge in [0.1, 0.15) is 17.1 Å². The van der Waals surface area contributed by atoms with E-state index in [1.807, 2.05) is 0 Å². The van der Waals surface area contributed by atoms with Crippen LogP contribution in [0.25, 0.3) is 10.9 Å². The fourth-order valence-corrected chi connectivity index (χ4v) is 4.06. The molecule has 2 aromatic rings. The zero-order chi connectivity index (χ0) is 24.1. The summed E-state index contributed by atoms with van der Waals surface area (Å²) < 4.78 is 42.0. The monoisotopic (exact) mass is 465 g/mol. The van der Waals surface area contributed by atoms with Crippen molar-refractivity contribution in [2.45, 2.75) is 57.7 Å². The van der Waals surface area contributed by atoms with E-state index in [-0.39, 0.29) is 41.8 Å². The van der Waals surface area contributed by atoms with Gasteiger partial charge in [-0.25, -0.2) is 18.4 Å². The van der Waals surface area contributed by atoms with Crippen LogP contribution in [0.4, 0.5) is 24.1 Å². The number of carboxylic acid groups (broad SMARTS) is 1. The quantitative estimate of drug-likeness (QED) is 0.662. The fourth-order valence-electron chi connectivity index (χ4n) is 4.06. The summed E-state index contributed by atoms with van der Waals surface area (Å²) in [5.41, 5.74) is -1.97. The van der Waals surface area contributed by atoms with Crippen LogP contribution < -0.4 is 20.4 Å². The summed E-state index contributed by atoms with van der Waals surface area (Å²) in [6.07, 6.45) is 0.744. The minimum absolute atomic E-state index is 0.0970. The van der Waals surface area contributed by atoms with Gasteiger partial charge < -0.3 is 29.4 Å². The maximum atomic E-state index is 15.7. The van der Waals surface area contributed by atoms with Crippen LogP contribution in [0.1, 0.15) is 46.1 Å². The molecule has 0 radical (unpaired) electrons. The van der Waals surface area contributed by atoms with E-state index in [1.165, 1.54) is 9.47 Å². The molecular formula is C22H25F2N3O6. The van der Waals surface area contributed by atoms with E-state index >= 15 is 8.78 Å². The highest BCUT2D eigenvalue weighted by Gasteiger charge is 2.33. The molecule has 0 spiro atoms. The van der Waals surface area contributed by atoms with Crippen molar-refractivity contribution >= 4 is 28.8 Å². The van der Waals surface area contributed by atoms with E-state index in [4.69, 9.17) is 9.84 Å². The number of aromatic nitrogens is 1. The van der Waals surface area contributed by atoms with Crippen molar-refractivity contribution in [1.82, 2.24) is 9.88 Å². The third-order valence-electron chi connectivity index (χ3n) is 5.51. The molecule has 33 heavy (non-hydrogen) atoms. The summed E-state index contributed by atoms with van der Waals surface area (Å²) in [7, 11) is 0. The number of benzene rings is 1. The van der Waals surface area contributed by atoms with E-state index in [0.717, 1.165) is 12.3 Å². The minimum Gasteiger partial charge on any atom is -0.449 e. The number of hydrogen-bond donors (Lipinski definition) is 2. The maximum Gasteiger partial charge on any atom is 0.511 e. The summed E-state index contributed by atoms with van der Waals surface area (Å²) in [6.45, 7) is 5.65. The maximum absolute atomic E-state index is 15.7. The topological polar surface area (TPSA) is 110 Å². The normalized spacial score (nSPS) is 18.5. The number of fused-ring (bicyclic) bond motifs is 1. The molecule has 1 saturated heterocycles. The number of alkyl carbamates (subject to hydrolysis) is 1. The Morgan fingerprint density at radius 1 is 1.21 bits per heavy atom. The van der Waals surface area contributed by atoms with E-state index in [0.29, 0.717) is 19.3 Å². The molecule has 1 aromatic heterocycles. The smallest absolute Gasteiger partial charge is 0.449 e. The van der Waals surface area contributed by atoms with Crippen LogP contribution in [0, 0.1) is 11.6 Å². The molecule has 1 saturated carbocycles. The van der Waals surface area contributed by atoms with Crippen molar-refractivity contribution in [3.05, 3.63) is 34.1 Å². The lowest BCUT2D eigenvalue weighted by molar-refractivity contribution is 0.0509. The van der Waals surface area contributed by atoms with Crippen LogP contribution in [0.3, 0.4) is 0 Å². The highest BCUT2D eigenvalue weighted by atomic mass is 19.1. The molecule has 2 N–H and O–H groups in total. The van der Waals surface area contributed by atoms with Gasteiger partial charge in [-0.1, -0.05) is 0 Å². The lowest BCUT2D eigenvalue weighted by Gasteiger charge is -2.24. The fraction of sp³-hybridized carbons (Fsp3) is 0.500. The number of ether oxygens (including phenoxy) is 2. The summed E-state index contributed by atoms with van der Waals surface area (Å²) in [6, 6.07) is 0.404. The zero-order valence-electron chi connectivity index (χ0n) is 18.5. The van der Waals surface area contributed by atoms with Crippen molar-refractivity contribution in [3.63, 3.8) is 0 Å². The summed E-state index contributed by atoms with van der Waals surface area (Å²) in [5.74, 6) is -2.37. The number of hydrogen-bond acceptors (Lipinski definition) is 6. The number of carbonyl (C=O) groups is 2. The third kappa shape index (κ3) is 4.71. The summed E-state index contributed by atoms with van der Waals surface area (Å²) >= 11 is 0. The molecule has 9 nitrogen and oxygen atoms in total. The number of carbonyl (C=O) groups excluding carboxylic acids is 1. The molecule has 0 unspecified atom stereocenters. The number of amides is 1. The predicted octanol–water partition coefficient (Wildman–Crippen LogP) is 3.77. The van der Waals surface area contributed by atoms with Gasteiger partial charge in [0.25, 0.3) is 0 Å². The first-order chi connectivity index (χ1) is 15.4. The van der Waals surface area contributed by atoms with Gasteiger partial charge in [0, 0.05) is 19.1 Å². The van der Waals surface area contributed by atoms with Crippen molar-refractivity contribution in [3.8, 4) is 5.75 Å². The second kappa shape index (κ2) is 8.20. The first-order valence-corrected chi connectivity index (χ1v) is 10.7. The number of nitrogens with zero attached hydrogens (tertiary/aromatic N) is 2. The van der Waals surface area contributed by atoms with E-state index < -0.39 is 40.7 Å². The van der Waals surface area contributed by atoms with Gasteiger partial charge in [0.15, 0.2) is 11.6 Å². The zero-order valence-corrected chi connectivity index (χ0v) is 18.5. The predicted molar refractivity (Wildman–Crippen MR) is 115 cm³/mol. The molecular weight excluding hydrogens is 440 g/mol. The Morgan fingerprint density at radius 2 is 1.91 bits per heavy atom. The lowest BCUT2D eigenvalue weighted by Crippen LogP contribution is -2.40.